The molecule has 3 aromatic rings. The summed E-state index contributed by atoms with van der Waals surface area (Å²) in [5.41, 5.74) is 2.24. The molecule has 4 rings (SSSR count). The smallest absolute Gasteiger partial charge is 0.354 e. The number of hydrogen-bond acceptors (Lipinski definition) is 5. The number of carboxylic acid groups (broad SMARTS) is 1. The summed E-state index contributed by atoms with van der Waals surface area (Å²) in [4.78, 5) is 32.4. The number of carbonyl (C=O) groups is 2. The summed E-state index contributed by atoms with van der Waals surface area (Å²) in [6.07, 6.45) is 5.19. The highest BCUT2D eigenvalue weighted by Crippen LogP contribution is 2.25. The van der Waals surface area contributed by atoms with Crippen molar-refractivity contribution in [3.05, 3.63) is 58.0 Å². The van der Waals surface area contributed by atoms with Gasteiger partial charge >= 0.3 is 11.9 Å². The largest absolute Gasteiger partial charge is 0.477 e. The summed E-state index contributed by atoms with van der Waals surface area (Å²) in [6, 6.07) is 8.18. The van der Waals surface area contributed by atoms with Gasteiger partial charge in [0.1, 0.15) is 17.4 Å². The third-order valence-electron chi connectivity index (χ3n) is 5.45. The van der Waals surface area contributed by atoms with E-state index in [1.165, 1.54) is 12.5 Å². The first-order valence-electron chi connectivity index (χ1n) is 9.99. The molecule has 30 heavy (non-hydrogen) atoms. The maximum Gasteiger partial charge on any atom is 0.354 e. The number of fused-ring (bicyclic) bond motifs is 1. The van der Waals surface area contributed by atoms with E-state index in [4.69, 9.17) is 16.3 Å². The fraction of sp³-hybridized carbons (Fsp3) is 0.364. The predicted molar refractivity (Wildman–Crippen MR) is 112 cm³/mol. The molecule has 1 saturated carbocycles. The molecule has 0 radical (unpaired) electrons. The van der Waals surface area contributed by atoms with Crippen LogP contribution in [0.2, 0.25) is 5.02 Å². The highest BCUT2D eigenvalue weighted by atomic mass is 35.5. The fourth-order valence-corrected chi connectivity index (χ4v) is 4.04. The average Bonchev–Trinajstić information content (AvgIpc) is 3.04. The van der Waals surface area contributed by atoms with Gasteiger partial charge in [-0.3, -0.25) is 0 Å². The Morgan fingerprint density at radius 3 is 2.63 bits per heavy atom. The zero-order valence-corrected chi connectivity index (χ0v) is 17.4. The number of hydrogen-bond donors (Lipinski definition) is 1. The highest BCUT2D eigenvalue weighted by Gasteiger charge is 2.20. The van der Waals surface area contributed by atoms with Crippen molar-refractivity contribution in [3.63, 3.8) is 0 Å². The summed E-state index contributed by atoms with van der Waals surface area (Å²) in [5, 5.41) is 9.65. The van der Waals surface area contributed by atoms with Crippen molar-refractivity contribution in [3.8, 4) is 0 Å². The lowest BCUT2D eigenvalue weighted by atomic mass is 9.98. The predicted octanol–water partition coefficient (Wildman–Crippen LogP) is 4.63. The standard InChI is InChI=1S/C22H22ClN3O4/c1-13-24-18-9-10-19(21(27)28)25-20(18)26(13)12-15-8-7-14(11-17(15)23)22(29)30-16-5-3-2-4-6-16/h7-11,16H,2-6,12H2,1H3,(H,27,28). The lowest BCUT2D eigenvalue weighted by Gasteiger charge is -2.22. The number of esters is 1. The van der Waals surface area contributed by atoms with Crippen molar-refractivity contribution >= 4 is 34.7 Å². The maximum atomic E-state index is 12.5. The number of pyridine rings is 1. The van der Waals surface area contributed by atoms with Gasteiger partial charge < -0.3 is 14.4 Å². The van der Waals surface area contributed by atoms with Crippen LogP contribution >= 0.6 is 11.6 Å². The van der Waals surface area contributed by atoms with Gasteiger partial charge in [0.15, 0.2) is 11.3 Å². The first-order chi connectivity index (χ1) is 14.4. The number of carboxylic acids is 1. The molecule has 156 valence electrons. The van der Waals surface area contributed by atoms with Gasteiger partial charge in [-0.2, -0.15) is 0 Å². The Balaban J connectivity index is 1.56. The molecule has 1 N–H and O–H groups in total. The molecule has 7 nitrogen and oxygen atoms in total. The fourth-order valence-electron chi connectivity index (χ4n) is 3.80. The van der Waals surface area contributed by atoms with Crippen molar-refractivity contribution in [1.29, 1.82) is 0 Å². The monoisotopic (exact) mass is 427 g/mol. The third-order valence-corrected chi connectivity index (χ3v) is 5.80. The molecule has 1 aliphatic rings. The molecule has 0 spiro atoms. The molecule has 2 aromatic heterocycles. The number of carbonyl (C=O) groups excluding carboxylic acids is 1. The Bertz CT molecular complexity index is 1120. The molecule has 0 aliphatic heterocycles. The lowest BCUT2D eigenvalue weighted by Crippen LogP contribution is -2.21. The van der Waals surface area contributed by atoms with E-state index in [0.717, 1.165) is 31.2 Å². The Morgan fingerprint density at radius 1 is 1.17 bits per heavy atom. The molecule has 1 fully saturated rings. The molecule has 0 unspecified atom stereocenters. The normalized spacial score (nSPS) is 14.7. The van der Waals surface area contributed by atoms with Crippen LogP contribution in [-0.2, 0) is 11.3 Å². The highest BCUT2D eigenvalue weighted by molar-refractivity contribution is 6.31. The lowest BCUT2D eigenvalue weighted by molar-refractivity contribution is 0.0211. The van der Waals surface area contributed by atoms with E-state index in [9.17, 15) is 14.7 Å². The number of aromatic nitrogens is 3. The van der Waals surface area contributed by atoms with Gasteiger partial charge in [-0.15, -0.1) is 0 Å². The third kappa shape index (κ3) is 4.16. The zero-order chi connectivity index (χ0) is 21.3. The van der Waals surface area contributed by atoms with Crippen molar-refractivity contribution in [2.45, 2.75) is 51.7 Å². The van der Waals surface area contributed by atoms with E-state index in [1.807, 2.05) is 11.5 Å². The van der Waals surface area contributed by atoms with Gasteiger partial charge in [-0.1, -0.05) is 24.1 Å². The SMILES string of the molecule is Cc1nc2ccc(C(=O)O)nc2n1Cc1ccc(C(=O)OC2CCCCC2)cc1Cl. The van der Waals surface area contributed by atoms with Gasteiger partial charge in [0, 0.05) is 5.02 Å². The molecule has 0 atom stereocenters. The van der Waals surface area contributed by atoms with Crippen LogP contribution < -0.4 is 0 Å². The second kappa shape index (κ2) is 8.44. The Labute approximate surface area is 178 Å². The maximum absolute atomic E-state index is 12.5. The molecule has 1 aliphatic carbocycles. The van der Waals surface area contributed by atoms with Crippen LogP contribution in [0.1, 0.15) is 64.3 Å². The van der Waals surface area contributed by atoms with E-state index < -0.39 is 5.97 Å². The van der Waals surface area contributed by atoms with Crippen LogP contribution in [0.3, 0.4) is 0 Å². The molecule has 2 heterocycles. The summed E-state index contributed by atoms with van der Waals surface area (Å²) in [5.74, 6) is -0.759. The first kappa shape index (κ1) is 20.3. The number of aryl methyl sites for hydroxylation is 1. The Morgan fingerprint density at radius 2 is 1.93 bits per heavy atom. The van der Waals surface area contributed by atoms with Gasteiger partial charge in [0.05, 0.1) is 12.1 Å². The summed E-state index contributed by atoms with van der Waals surface area (Å²) < 4.78 is 7.42. The van der Waals surface area contributed by atoms with Gasteiger partial charge in [-0.25, -0.2) is 19.6 Å². The van der Waals surface area contributed by atoms with Crippen LogP contribution in [0.5, 0.6) is 0 Å². The van der Waals surface area contributed by atoms with E-state index >= 15 is 0 Å². The zero-order valence-electron chi connectivity index (χ0n) is 16.6. The van der Waals surface area contributed by atoms with Gasteiger partial charge in [-0.05, 0) is 62.4 Å². The summed E-state index contributed by atoms with van der Waals surface area (Å²) >= 11 is 6.46. The molecule has 1 aromatic carbocycles. The van der Waals surface area contributed by atoms with E-state index in [-0.39, 0.29) is 17.8 Å². The van der Waals surface area contributed by atoms with E-state index in [1.54, 1.807) is 24.3 Å². The number of ether oxygens (including phenoxy) is 1. The minimum atomic E-state index is -1.10. The van der Waals surface area contributed by atoms with E-state index in [2.05, 4.69) is 9.97 Å². The number of benzene rings is 1. The number of imidazole rings is 1. The minimum Gasteiger partial charge on any atom is -0.477 e. The first-order valence-corrected chi connectivity index (χ1v) is 10.4. The van der Waals surface area contributed by atoms with Crippen LogP contribution in [0.15, 0.2) is 30.3 Å². The van der Waals surface area contributed by atoms with Crippen LogP contribution in [0.4, 0.5) is 0 Å². The molecule has 8 heteroatoms. The topological polar surface area (TPSA) is 94.3 Å². The molecule has 0 saturated heterocycles. The van der Waals surface area contributed by atoms with Crippen molar-refractivity contribution in [2.24, 2.45) is 0 Å². The number of aromatic carboxylic acids is 1. The van der Waals surface area contributed by atoms with E-state index in [0.29, 0.717) is 34.1 Å². The molecular weight excluding hydrogens is 406 g/mol. The van der Waals surface area contributed by atoms with Crippen molar-refractivity contribution < 1.29 is 19.4 Å². The number of nitrogens with zero attached hydrogens (tertiary/aromatic N) is 3. The van der Waals surface area contributed by atoms with Crippen LogP contribution in [0.25, 0.3) is 11.2 Å². The quantitative estimate of drug-likeness (QED) is 0.596. The van der Waals surface area contributed by atoms with Gasteiger partial charge in [0.25, 0.3) is 0 Å². The summed E-state index contributed by atoms with van der Waals surface area (Å²) in [6.45, 7) is 2.18. The van der Waals surface area contributed by atoms with Gasteiger partial charge in [0.2, 0.25) is 0 Å². The average molecular weight is 428 g/mol. The van der Waals surface area contributed by atoms with Crippen molar-refractivity contribution in [1.82, 2.24) is 14.5 Å². The Hall–Kier alpha value is -2.93. The molecular formula is C22H22ClN3O4. The second-order valence-electron chi connectivity index (χ2n) is 7.56. The number of rotatable bonds is 5. The van der Waals surface area contributed by atoms with Crippen LogP contribution in [0, 0.1) is 6.92 Å². The van der Waals surface area contributed by atoms with Crippen molar-refractivity contribution in [2.75, 3.05) is 0 Å². The summed E-state index contributed by atoms with van der Waals surface area (Å²) in [7, 11) is 0. The second-order valence-corrected chi connectivity index (χ2v) is 7.97. The van der Waals surface area contributed by atoms with Crippen LogP contribution in [-0.4, -0.2) is 37.7 Å². The molecule has 0 amide bonds. The minimum absolute atomic E-state index is 0.0147. The molecule has 0 bridgehead atoms. The Kier molecular flexibility index (Phi) is 5.72. The number of halogens is 1.